The Hall–Kier alpha value is -2.30. The third-order valence-corrected chi connectivity index (χ3v) is 3.05. The van der Waals surface area contributed by atoms with Gasteiger partial charge in [0.05, 0.1) is 11.9 Å². The number of carbonyl (C=O) groups excluding carboxylic acids is 1. The van der Waals surface area contributed by atoms with Crippen molar-refractivity contribution in [1.82, 2.24) is 9.97 Å². The van der Waals surface area contributed by atoms with Crippen LogP contribution < -0.4 is 10.6 Å². The van der Waals surface area contributed by atoms with Crippen molar-refractivity contribution in [3.8, 4) is 0 Å². The van der Waals surface area contributed by atoms with Crippen molar-refractivity contribution < 1.29 is 4.79 Å². The van der Waals surface area contributed by atoms with Crippen molar-refractivity contribution in [2.75, 3.05) is 17.7 Å². The van der Waals surface area contributed by atoms with Crippen LogP contribution in [0.3, 0.4) is 0 Å². The molecule has 1 amide bonds. The van der Waals surface area contributed by atoms with E-state index in [1.807, 2.05) is 18.5 Å². The minimum atomic E-state index is 0.0853. The lowest BCUT2D eigenvalue weighted by molar-refractivity contribution is -0.118. The van der Waals surface area contributed by atoms with Gasteiger partial charge < -0.3 is 15.6 Å². The number of nitrogens with one attached hydrogen (secondary N) is 1. The summed E-state index contributed by atoms with van der Waals surface area (Å²) in [5.74, 6) is 0.541. The molecule has 0 unspecified atom stereocenters. The highest BCUT2D eigenvalue weighted by molar-refractivity contribution is 5.92. The smallest absolute Gasteiger partial charge is 0.226 e. The molecular weight excluding hydrogens is 240 g/mol. The Balaban J connectivity index is 1.83. The summed E-state index contributed by atoms with van der Waals surface area (Å²) >= 11 is 0. The Kier molecular flexibility index (Phi) is 4.18. The third kappa shape index (κ3) is 3.58. The number of aryl methyl sites for hydroxylation is 1. The summed E-state index contributed by atoms with van der Waals surface area (Å²) in [4.78, 5) is 20.6. The minimum absolute atomic E-state index is 0.0853. The maximum atomic E-state index is 12.0. The Labute approximate surface area is 112 Å². The molecule has 0 radical (unpaired) electrons. The standard InChI is InChI=1S/C14H18N4O/c1-18(12-5-6-13(15)17-10-12)14(19)4-2-3-11-7-8-16-9-11/h5-10,16H,2-4H2,1H3,(H2,15,17). The zero-order valence-electron chi connectivity index (χ0n) is 11.0. The number of hydrogen-bond donors (Lipinski definition) is 2. The van der Waals surface area contributed by atoms with Crippen molar-refractivity contribution >= 4 is 17.4 Å². The van der Waals surface area contributed by atoms with Gasteiger partial charge in [0.15, 0.2) is 0 Å². The lowest BCUT2D eigenvalue weighted by atomic mass is 10.1. The van der Waals surface area contributed by atoms with Crippen LogP contribution in [0.15, 0.2) is 36.8 Å². The second kappa shape index (κ2) is 6.04. The summed E-state index contributed by atoms with van der Waals surface area (Å²) in [6, 6.07) is 5.52. The molecule has 0 saturated heterocycles. The molecule has 19 heavy (non-hydrogen) atoms. The number of aromatic nitrogens is 2. The van der Waals surface area contributed by atoms with E-state index in [-0.39, 0.29) is 5.91 Å². The highest BCUT2D eigenvalue weighted by atomic mass is 16.2. The molecule has 5 nitrogen and oxygen atoms in total. The molecule has 0 bridgehead atoms. The lowest BCUT2D eigenvalue weighted by Gasteiger charge is -2.16. The van der Waals surface area contributed by atoms with E-state index in [2.05, 4.69) is 9.97 Å². The first-order valence-corrected chi connectivity index (χ1v) is 6.26. The Morgan fingerprint density at radius 2 is 2.26 bits per heavy atom. The molecule has 5 heteroatoms. The van der Waals surface area contributed by atoms with Crippen LogP contribution in [0.4, 0.5) is 11.5 Å². The first-order chi connectivity index (χ1) is 9.16. The molecule has 3 N–H and O–H groups in total. The van der Waals surface area contributed by atoms with Gasteiger partial charge in [-0.1, -0.05) is 0 Å². The van der Waals surface area contributed by atoms with Gasteiger partial charge in [0.25, 0.3) is 0 Å². The quantitative estimate of drug-likeness (QED) is 0.861. The number of carbonyl (C=O) groups is 1. The van der Waals surface area contributed by atoms with Crippen molar-refractivity contribution in [2.24, 2.45) is 0 Å². The predicted octanol–water partition coefficient (Wildman–Crippen LogP) is 1.98. The fourth-order valence-corrected chi connectivity index (χ4v) is 1.87. The van der Waals surface area contributed by atoms with E-state index < -0.39 is 0 Å². The summed E-state index contributed by atoms with van der Waals surface area (Å²) in [5.41, 5.74) is 7.51. The van der Waals surface area contributed by atoms with Crippen LogP contribution in [0, 0.1) is 0 Å². The average Bonchev–Trinajstić information content (AvgIpc) is 2.92. The molecule has 2 rings (SSSR count). The van der Waals surface area contributed by atoms with Gasteiger partial charge in [-0.05, 0) is 36.6 Å². The van der Waals surface area contributed by atoms with Crippen molar-refractivity contribution in [3.63, 3.8) is 0 Å². The maximum Gasteiger partial charge on any atom is 0.226 e. The summed E-state index contributed by atoms with van der Waals surface area (Å²) in [6.07, 6.45) is 7.72. The molecule has 0 fully saturated rings. The number of pyridine rings is 1. The second-order valence-electron chi connectivity index (χ2n) is 4.47. The number of hydrogen-bond acceptors (Lipinski definition) is 3. The molecule has 0 aromatic carbocycles. The van der Waals surface area contributed by atoms with Crippen LogP contribution in [0.5, 0.6) is 0 Å². The van der Waals surface area contributed by atoms with Crippen LogP contribution in [0.25, 0.3) is 0 Å². The highest BCUT2D eigenvalue weighted by Crippen LogP contribution is 2.14. The van der Waals surface area contributed by atoms with E-state index in [0.29, 0.717) is 12.2 Å². The van der Waals surface area contributed by atoms with Crippen molar-refractivity contribution in [3.05, 3.63) is 42.4 Å². The molecule has 2 aromatic heterocycles. The van der Waals surface area contributed by atoms with Crippen LogP contribution in [0.1, 0.15) is 18.4 Å². The van der Waals surface area contributed by atoms with Gasteiger partial charge in [-0.3, -0.25) is 4.79 Å². The number of nitrogens with two attached hydrogens (primary N) is 1. The maximum absolute atomic E-state index is 12.0. The van der Waals surface area contributed by atoms with E-state index in [4.69, 9.17) is 5.73 Å². The molecule has 0 aliphatic rings. The molecule has 2 aromatic rings. The van der Waals surface area contributed by atoms with Gasteiger partial charge in [0.1, 0.15) is 5.82 Å². The first-order valence-electron chi connectivity index (χ1n) is 6.26. The number of nitrogen functional groups attached to an aromatic ring is 1. The molecule has 100 valence electrons. The summed E-state index contributed by atoms with van der Waals surface area (Å²) in [6.45, 7) is 0. The summed E-state index contributed by atoms with van der Waals surface area (Å²) < 4.78 is 0. The molecule has 2 heterocycles. The molecule has 0 spiro atoms. The predicted molar refractivity (Wildman–Crippen MR) is 75.8 cm³/mol. The number of rotatable bonds is 5. The van der Waals surface area contributed by atoms with Crippen LogP contribution in [0.2, 0.25) is 0 Å². The molecule has 0 saturated carbocycles. The highest BCUT2D eigenvalue weighted by Gasteiger charge is 2.10. The number of anilines is 2. The van der Waals surface area contributed by atoms with Crippen LogP contribution in [-0.4, -0.2) is 22.9 Å². The lowest BCUT2D eigenvalue weighted by Crippen LogP contribution is -2.26. The number of H-pyrrole nitrogens is 1. The van der Waals surface area contributed by atoms with E-state index in [0.717, 1.165) is 18.5 Å². The Bertz CT molecular complexity index is 519. The van der Waals surface area contributed by atoms with E-state index in [1.165, 1.54) is 5.56 Å². The van der Waals surface area contributed by atoms with Gasteiger partial charge in [0.2, 0.25) is 5.91 Å². The largest absolute Gasteiger partial charge is 0.384 e. The summed E-state index contributed by atoms with van der Waals surface area (Å²) in [7, 11) is 1.76. The SMILES string of the molecule is CN(C(=O)CCCc1cc[nH]c1)c1ccc(N)nc1. The van der Waals surface area contributed by atoms with E-state index in [1.54, 1.807) is 30.3 Å². The second-order valence-corrected chi connectivity index (χ2v) is 4.47. The molecule has 0 aliphatic heterocycles. The average molecular weight is 258 g/mol. The van der Waals surface area contributed by atoms with Crippen molar-refractivity contribution in [1.29, 1.82) is 0 Å². The van der Waals surface area contributed by atoms with Gasteiger partial charge in [0, 0.05) is 25.9 Å². The van der Waals surface area contributed by atoms with Gasteiger partial charge in [-0.25, -0.2) is 4.98 Å². The Morgan fingerprint density at radius 1 is 1.42 bits per heavy atom. The van der Waals surface area contributed by atoms with E-state index >= 15 is 0 Å². The normalized spacial score (nSPS) is 10.4. The van der Waals surface area contributed by atoms with Gasteiger partial charge in [-0.2, -0.15) is 0 Å². The Morgan fingerprint density at radius 3 is 2.89 bits per heavy atom. The topological polar surface area (TPSA) is 75.0 Å². The van der Waals surface area contributed by atoms with Gasteiger partial charge in [-0.15, -0.1) is 0 Å². The fourth-order valence-electron chi connectivity index (χ4n) is 1.87. The molecule has 0 aliphatic carbocycles. The first kappa shape index (κ1) is 13.1. The number of nitrogens with zero attached hydrogens (tertiary/aromatic N) is 2. The van der Waals surface area contributed by atoms with Crippen LogP contribution in [-0.2, 0) is 11.2 Å². The minimum Gasteiger partial charge on any atom is -0.384 e. The number of aromatic amines is 1. The van der Waals surface area contributed by atoms with Gasteiger partial charge >= 0.3 is 0 Å². The monoisotopic (exact) mass is 258 g/mol. The zero-order chi connectivity index (χ0) is 13.7. The third-order valence-electron chi connectivity index (χ3n) is 3.05. The fraction of sp³-hybridized carbons (Fsp3) is 0.286. The van der Waals surface area contributed by atoms with E-state index in [9.17, 15) is 4.79 Å². The molecule has 0 atom stereocenters. The number of amides is 1. The van der Waals surface area contributed by atoms with Crippen LogP contribution >= 0.6 is 0 Å². The summed E-state index contributed by atoms with van der Waals surface area (Å²) in [5, 5.41) is 0. The molecular formula is C14H18N4O. The zero-order valence-corrected chi connectivity index (χ0v) is 11.0. The van der Waals surface area contributed by atoms with Crippen molar-refractivity contribution in [2.45, 2.75) is 19.3 Å².